The van der Waals surface area contributed by atoms with Gasteiger partial charge in [0, 0.05) is 27.4 Å². The molecule has 0 bridgehead atoms. The number of hydrogen-bond acceptors (Lipinski definition) is 9. The Kier molecular flexibility index (Phi) is 4.50. The molecular weight excluding hydrogens is 420 g/mol. The maximum absolute atomic E-state index is 12.2. The number of aromatic nitrogens is 2. The van der Waals surface area contributed by atoms with Crippen LogP contribution in [0.5, 0.6) is 0 Å². The van der Waals surface area contributed by atoms with E-state index in [1.807, 2.05) is 0 Å². The molecule has 26 heavy (non-hydrogen) atoms. The van der Waals surface area contributed by atoms with Crippen LogP contribution in [0.4, 0.5) is 0 Å². The second-order valence-electron chi connectivity index (χ2n) is 5.79. The van der Waals surface area contributed by atoms with Gasteiger partial charge in [0.05, 0.1) is 11.1 Å². The smallest absolute Gasteiger partial charge is 0.258 e. The predicted octanol–water partition coefficient (Wildman–Crippen LogP) is 2.19. The summed E-state index contributed by atoms with van der Waals surface area (Å²) in [5, 5.41) is 15.9. The van der Waals surface area contributed by atoms with Gasteiger partial charge in [-0.05, 0) is 30.9 Å². The summed E-state index contributed by atoms with van der Waals surface area (Å²) in [6, 6.07) is 3.13. The number of hydrogen-bond donors (Lipinski definition) is 0. The summed E-state index contributed by atoms with van der Waals surface area (Å²) in [6.07, 6.45) is 2.10. The lowest BCUT2D eigenvalue weighted by molar-refractivity contribution is -0.793. The maximum Gasteiger partial charge on any atom is 0.258 e. The zero-order valence-electron chi connectivity index (χ0n) is 14.1. The van der Waals surface area contributed by atoms with E-state index in [1.54, 1.807) is 26.0 Å². The lowest BCUT2D eigenvalue weighted by atomic mass is 10.1. The lowest BCUT2D eigenvalue weighted by Gasteiger charge is -2.01. The van der Waals surface area contributed by atoms with Crippen LogP contribution in [0.3, 0.4) is 0 Å². The van der Waals surface area contributed by atoms with Crippen molar-refractivity contribution in [3.8, 4) is 22.5 Å². The second kappa shape index (κ2) is 6.15. The zero-order valence-corrected chi connectivity index (χ0v) is 17.4. The largest absolute Gasteiger partial charge is 0.359 e. The van der Waals surface area contributed by atoms with E-state index in [0.717, 1.165) is 35.2 Å². The molecular formula is C14H14N2O6S4. The molecule has 3 rings (SSSR count). The van der Waals surface area contributed by atoms with Crippen molar-refractivity contribution in [2.45, 2.75) is 22.3 Å². The summed E-state index contributed by atoms with van der Waals surface area (Å²) >= 11 is 2.07. The van der Waals surface area contributed by atoms with E-state index < -0.39 is 19.7 Å². The lowest BCUT2D eigenvalue weighted by Crippen LogP contribution is -2.25. The standard InChI is InChI=1S/C14H14N2O6S4/c1-7-5-9(13(23-7)25(3,18)19)11-12(16(17)22-15-11)10-6-8(2)24-14(10)26(4,20)21/h5-6H,1-4H3. The predicted molar refractivity (Wildman–Crippen MR) is 97.8 cm³/mol. The van der Waals surface area contributed by atoms with E-state index >= 15 is 0 Å². The number of sulfone groups is 2. The van der Waals surface area contributed by atoms with Gasteiger partial charge in [-0.25, -0.2) is 16.8 Å². The van der Waals surface area contributed by atoms with Crippen LogP contribution in [-0.2, 0) is 19.7 Å². The van der Waals surface area contributed by atoms with Gasteiger partial charge in [-0.2, -0.15) is 0 Å². The summed E-state index contributed by atoms with van der Waals surface area (Å²) in [5.41, 5.74) is 0.223. The molecule has 0 spiro atoms. The van der Waals surface area contributed by atoms with Crippen molar-refractivity contribution in [1.82, 2.24) is 5.16 Å². The van der Waals surface area contributed by atoms with E-state index in [4.69, 9.17) is 0 Å². The molecule has 8 nitrogen and oxygen atoms in total. The molecule has 0 saturated carbocycles. The van der Waals surface area contributed by atoms with Crippen molar-refractivity contribution < 1.29 is 26.4 Å². The van der Waals surface area contributed by atoms with E-state index in [0.29, 0.717) is 9.75 Å². The minimum absolute atomic E-state index is 0.00286. The molecule has 3 aromatic heterocycles. The minimum atomic E-state index is -3.61. The van der Waals surface area contributed by atoms with E-state index in [2.05, 4.69) is 9.79 Å². The second-order valence-corrected chi connectivity index (χ2v) is 12.7. The topological polar surface area (TPSA) is 121 Å². The number of nitrogens with zero attached hydrogens (tertiary/aromatic N) is 2. The highest BCUT2D eigenvalue weighted by Crippen LogP contribution is 2.41. The number of thiophene rings is 2. The molecule has 0 amide bonds. The Morgan fingerprint density at radius 3 is 1.92 bits per heavy atom. The highest BCUT2D eigenvalue weighted by molar-refractivity contribution is 7.93. The number of rotatable bonds is 4. The highest BCUT2D eigenvalue weighted by atomic mass is 32.2. The van der Waals surface area contributed by atoms with Crippen LogP contribution in [-0.4, -0.2) is 34.5 Å². The van der Waals surface area contributed by atoms with Gasteiger partial charge in [-0.1, -0.05) is 0 Å². The average molecular weight is 435 g/mol. The molecule has 3 aromatic rings. The van der Waals surface area contributed by atoms with Gasteiger partial charge in [-0.15, -0.1) is 22.7 Å². The molecule has 3 heterocycles. The van der Waals surface area contributed by atoms with Crippen molar-refractivity contribution in [3.63, 3.8) is 0 Å². The van der Waals surface area contributed by atoms with E-state index in [9.17, 15) is 22.0 Å². The van der Waals surface area contributed by atoms with Gasteiger partial charge in [-0.3, -0.25) is 4.63 Å². The first kappa shape index (κ1) is 19.0. The molecule has 140 valence electrons. The molecule has 0 saturated heterocycles. The Morgan fingerprint density at radius 2 is 1.42 bits per heavy atom. The van der Waals surface area contributed by atoms with Crippen molar-refractivity contribution in [1.29, 1.82) is 0 Å². The summed E-state index contributed by atoms with van der Waals surface area (Å²) in [4.78, 5) is 1.49. The van der Waals surface area contributed by atoms with Gasteiger partial charge in [0.15, 0.2) is 19.7 Å². The first-order valence-corrected chi connectivity index (χ1v) is 12.5. The van der Waals surface area contributed by atoms with Crippen LogP contribution in [0.25, 0.3) is 22.5 Å². The maximum atomic E-state index is 12.2. The minimum Gasteiger partial charge on any atom is -0.359 e. The summed E-state index contributed by atoms with van der Waals surface area (Å²) in [5.74, 6) is 0. The third kappa shape index (κ3) is 3.29. The van der Waals surface area contributed by atoms with Gasteiger partial charge >= 0.3 is 0 Å². The van der Waals surface area contributed by atoms with Crippen molar-refractivity contribution in [3.05, 3.63) is 27.1 Å². The molecule has 0 radical (unpaired) electrons. The normalized spacial score (nSPS) is 12.6. The summed E-state index contributed by atoms with van der Waals surface area (Å²) in [6.45, 7) is 3.44. The van der Waals surface area contributed by atoms with E-state index in [-0.39, 0.29) is 35.8 Å². The Bertz CT molecular complexity index is 1210. The monoisotopic (exact) mass is 434 g/mol. The van der Waals surface area contributed by atoms with Crippen LogP contribution >= 0.6 is 22.7 Å². The summed E-state index contributed by atoms with van der Waals surface area (Å²) in [7, 11) is -7.18. The fourth-order valence-electron chi connectivity index (χ4n) is 2.52. The molecule has 0 N–H and O–H groups in total. The van der Waals surface area contributed by atoms with Crippen molar-refractivity contribution in [2.24, 2.45) is 0 Å². The third-order valence-corrected chi connectivity index (χ3v) is 9.23. The molecule has 0 aliphatic heterocycles. The third-order valence-electron chi connectivity index (χ3n) is 3.44. The van der Waals surface area contributed by atoms with Gasteiger partial charge in [0.2, 0.25) is 5.69 Å². The van der Waals surface area contributed by atoms with Crippen LogP contribution in [0.15, 0.2) is 25.2 Å². The number of aryl methyl sites for hydroxylation is 2. The quantitative estimate of drug-likeness (QED) is 0.577. The molecule has 0 aromatic carbocycles. The Balaban J connectivity index is 2.37. The van der Waals surface area contributed by atoms with Gasteiger partial charge < -0.3 is 5.21 Å². The Labute approximate surface area is 158 Å². The van der Waals surface area contributed by atoms with Crippen LogP contribution in [0.2, 0.25) is 0 Å². The zero-order chi connectivity index (χ0) is 19.4. The van der Waals surface area contributed by atoms with Crippen molar-refractivity contribution >= 4 is 42.3 Å². The first-order chi connectivity index (χ1) is 11.9. The first-order valence-electron chi connectivity index (χ1n) is 7.11. The SMILES string of the molecule is Cc1cc(-c2no[n+]([O-])c2-c2cc(C)sc2S(C)(=O)=O)c(S(C)(=O)=O)s1. The van der Waals surface area contributed by atoms with Gasteiger partial charge in [0.25, 0.3) is 5.69 Å². The Hall–Kier alpha value is -1.76. The molecule has 0 atom stereocenters. The fraction of sp³-hybridized carbons (Fsp3) is 0.286. The molecule has 12 heteroatoms. The van der Waals surface area contributed by atoms with E-state index in [1.165, 1.54) is 0 Å². The van der Waals surface area contributed by atoms with Crippen LogP contribution in [0.1, 0.15) is 9.75 Å². The van der Waals surface area contributed by atoms with Crippen LogP contribution in [0, 0.1) is 19.1 Å². The van der Waals surface area contributed by atoms with Crippen molar-refractivity contribution in [2.75, 3.05) is 12.5 Å². The molecule has 0 aliphatic rings. The molecule has 0 fully saturated rings. The molecule has 0 unspecified atom stereocenters. The van der Waals surface area contributed by atoms with Gasteiger partial charge in [0.1, 0.15) is 8.42 Å². The fourth-order valence-corrected chi connectivity index (χ4v) is 7.10. The van der Waals surface area contributed by atoms with Crippen LogP contribution < -0.4 is 4.90 Å². The molecule has 0 aliphatic carbocycles. The Morgan fingerprint density at radius 1 is 0.962 bits per heavy atom. The highest BCUT2D eigenvalue weighted by Gasteiger charge is 2.33. The summed E-state index contributed by atoms with van der Waals surface area (Å²) < 4.78 is 53.1. The average Bonchev–Trinajstić information content (AvgIpc) is 3.14.